The molecule has 0 saturated carbocycles. The standard InChI is InChI=1S/C10H15N7O/c11-8-7-9(16-10(12)15-8)17(4-14-7)6-1-5(3-18)13-2-6/h4-6,13,18H,1-3H2,(H4,11,12,15,16)/t5-,6-/m1/s1. The van der Waals surface area contributed by atoms with E-state index in [-0.39, 0.29) is 24.6 Å². The summed E-state index contributed by atoms with van der Waals surface area (Å²) in [6.45, 7) is 0.892. The predicted molar refractivity (Wildman–Crippen MR) is 66.7 cm³/mol. The summed E-state index contributed by atoms with van der Waals surface area (Å²) in [5.74, 6) is 0.437. The zero-order valence-electron chi connectivity index (χ0n) is 9.74. The van der Waals surface area contributed by atoms with Gasteiger partial charge in [0.2, 0.25) is 5.95 Å². The first-order chi connectivity index (χ1) is 8.69. The third-order valence-corrected chi connectivity index (χ3v) is 3.28. The van der Waals surface area contributed by atoms with Crippen LogP contribution in [0.25, 0.3) is 11.2 Å². The molecule has 2 aromatic heterocycles. The Kier molecular flexibility index (Phi) is 2.53. The highest BCUT2D eigenvalue weighted by Gasteiger charge is 2.26. The van der Waals surface area contributed by atoms with E-state index in [9.17, 15) is 0 Å². The molecule has 0 bridgehead atoms. The van der Waals surface area contributed by atoms with E-state index in [0.717, 1.165) is 13.0 Å². The summed E-state index contributed by atoms with van der Waals surface area (Å²) in [5.41, 5.74) is 12.6. The summed E-state index contributed by atoms with van der Waals surface area (Å²) >= 11 is 0. The summed E-state index contributed by atoms with van der Waals surface area (Å²) in [6.07, 6.45) is 2.52. The molecule has 0 radical (unpaired) electrons. The number of nitrogens with two attached hydrogens (primary N) is 2. The molecule has 8 heteroatoms. The van der Waals surface area contributed by atoms with Gasteiger partial charge in [-0.05, 0) is 6.42 Å². The van der Waals surface area contributed by atoms with Crippen molar-refractivity contribution in [2.24, 2.45) is 0 Å². The van der Waals surface area contributed by atoms with Gasteiger partial charge in [0.05, 0.1) is 19.0 Å². The van der Waals surface area contributed by atoms with Crippen LogP contribution in [0.5, 0.6) is 0 Å². The van der Waals surface area contributed by atoms with Crippen LogP contribution < -0.4 is 16.8 Å². The maximum atomic E-state index is 9.13. The lowest BCUT2D eigenvalue weighted by Gasteiger charge is -2.11. The third kappa shape index (κ3) is 1.66. The van der Waals surface area contributed by atoms with Crippen molar-refractivity contribution in [2.45, 2.75) is 18.5 Å². The minimum absolute atomic E-state index is 0.115. The molecular formula is C10H15N7O. The lowest BCUT2D eigenvalue weighted by molar-refractivity contribution is 0.253. The van der Waals surface area contributed by atoms with Crippen LogP contribution in [-0.2, 0) is 0 Å². The summed E-state index contributed by atoms with van der Waals surface area (Å²) in [5, 5.41) is 12.4. The summed E-state index contributed by atoms with van der Waals surface area (Å²) in [7, 11) is 0. The monoisotopic (exact) mass is 249 g/mol. The van der Waals surface area contributed by atoms with Crippen molar-refractivity contribution >= 4 is 22.9 Å². The van der Waals surface area contributed by atoms with Gasteiger partial charge in [-0.2, -0.15) is 9.97 Å². The van der Waals surface area contributed by atoms with Crippen LogP contribution in [0.1, 0.15) is 12.5 Å². The van der Waals surface area contributed by atoms with E-state index >= 15 is 0 Å². The number of aliphatic hydroxyl groups excluding tert-OH is 1. The molecule has 6 N–H and O–H groups in total. The van der Waals surface area contributed by atoms with Gasteiger partial charge in [-0.3, -0.25) is 0 Å². The van der Waals surface area contributed by atoms with Crippen LogP contribution in [0.2, 0.25) is 0 Å². The van der Waals surface area contributed by atoms with E-state index in [1.807, 2.05) is 4.57 Å². The number of nitrogen functional groups attached to an aromatic ring is 2. The zero-order chi connectivity index (χ0) is 12.7. The van der Waals surface area contributed by atoms with Gasteiger partial charge in [-0.1, -0.05) is 0 Å². The largest absolute Gasteiger partial charge is 0.395 e. The Bertz CT molecular complexity index is 581. The van der Waals surface area contributed by atoms with Crippen molar-refractivity contribution in [2.75, 3.05) is 24.6 Å². The van der Waals surface area contributed by atoms with Gasteiger partial charge < -0.3 is 26.5 Å². The smallest absolute Gasteiger partial charge is 0.224 e. The maximum Gasteiger partial charge on any atom is 0.224 e. The molecule has 0 unspecified atom stereocenters. The predicted octanol–water partition coefficient (Wildman–Crippen LogP) is -1.11. The molecular weight excluding hydrogens is 234 g/mol. The number of nitrogens with zero attached hydrogens (tertiary/aromatic N) is 4. The first-order valence-corrected chi connectivity index (χ1v) is 5.79. The maximum absolute atomic E-state index is 9.13. The fourth-order valence-electron chi connectivity index (χ4n) is 2.37. The normalized spacial score (nSPS) is 23.8. The fourth-order valence-corrected chi connectivity index (χ4v) is 2.37. The Balaban J connectivity index is 2.03. The second kappa shape index (κ2) is 4.07. The first-order valence-electron chi connectivity index (χ1n) is 5.79. The molecule has 2 atom stereocenters. The zero-order valence-corrected chi connectivity index (χ0v) is 9.74. The van der Waals surface area contributed by atoms with Crippen LogP contribution in [0.15, 0.2) is 6.33 Å². The quantitative estimate of drug-likeness (QED) is 0.531. The van der Waals surface area contributed by atoms with E-state index in [0.29, 0.717) is 17.0 Å². The number of anilines is 2. The SMILES string of the molecule is Nc1nc(N)c2ncn([C@H]3CN[C@@H](CO)C3)c2n1. The van der Waals surface area contributed by atoms with Gasteiger partial charge in [0.25, 0.3) is 0 Å². The van der Waals surface area contributed by atoms with Crippen molar-refractivity contribution < 1.29 is 5.11 Å². The molecule has 3 rings (SSSR count). The Morgan fingerprint density at radius 1 is 1.44 bits per heavy atom. The highest BCUT2D eigenvalue weighted by atomic mass is 16.3. The van der Waals surface area contributed by atoms with Crippen LogP contribution in [0, 0.1) is 0 Å². The highest BCUT2D eigenvalue weighted by molar-refractivity contribution is 5.82. The number of nitrogens with one attached hydrogen (secondary N) is 1. The molecule has 1 saturated heterocycles. The van der Waals surface area contributed by atoms with E-state index in [1.54, 1.807) is 6.33 Å². The molecule has 1 fully saturated rings. The van der Waals surface area contributed by atoms with Crippen molar-refractivity contribution in [1.82, 2.24) is 24.8 Å². The number of rotatable bonds is 2. The number of aromatic nitrogens is 4. The molecule has 1 aliphatic rings. The average molecular weight is 249 g/mol. The van der Waals surface area contributed by atoms with Crippen molar-refractivity contribution in [3.8, 4) is 0 Å². The minimum Gasteiger partial charge on any atom is -0.395 e. The fraction of sp³-hybridized carbons (Fsp3) is 0.500. The Morgan fingerprint density at radius 3 is 3.00 bits per heavy atom. The highest BCUT2D eigenvalue weighted by Crippen LogP contribution is 2.25. The number of aliphatic hydroxyl groups is 1. The second-order valence-corrected chi connectivity index (χ2v) is 4.47. The summed E-state index contributed by atoms with van der Waals surface area (Å²) in [4.78, 5) is 12.3. The van der Waals surface area contributed by atoms with Crippen molar-refractivity contribution in [3.05, 3.63) is 6.33 Å². The molecule has 0 aliphatic carbocycles. The molecule has 0 spiro atoms. The lowest BCUT2D eigenvalue weighted by atomic mass is 10.2. The molecule has 96 valence electrons. The molecule has 1 aliphatic heterocycles. The third-order valence-electron chi connectivity index (χ3n) is 3.28. The number of hydrogen-bond donors (Lipinski definition) is 4. The van der Waals surface area contributed by atoms with Gasteiger partial charge in [-0.15, -0.1) is 0 Å². The first kappa shape index (κ1) is 11.2. The topological polar surface area (TPSA) is 128 Å². The minimum atomic E-state index is 0.115. The van der Waals surface area contributed by atoms with Crippen LogP contribution in [-0.4, -0.2) is 43.8 Å². The Morgan fingerprint density at radius 2 is 2.28 bits per heavy atom. The Labute approximate surface area is 103 Å². The molecule has 0 amide bonds. The van der Waals surface area contributed by atoms with Crippen LogP contribution in [0.4, 0.5) is 11.8 Å². The second-order valence-electron chi connectivity index (χ2n) is 4.47. The molecule has 2 aromatic rings. The number of fused-ring (bicyclic) bond motifs is 1. The number of hydrogen-bond acceptors (Lipinski definition) is 7. The summed E-state index contributed by atoms with van der Waals surface area (Å²) < 4.78 is 1.94. The van der Waals surface area contributed by atoms with Gasteiger partial charge in [0, 0.05) is 12.6 Å². The van der Waals surface area contributed by atoms with E-state index in [1.165, 1.54) is 0 Å². The molecule has 0 aromatic carbocycles. The van der Waals surface area contributed by atoms with Crippen molar-refractivity contribution in [3.63, 3.8) is 0 Å². The Hall–Kier alpha value is -1.93. The van der Waals surface area contributed by atoms with Gasteiger partial charge in [0.1, 0.15) is 5.52 Å². The summed E-state index contributed by atoms with van der Waals surface area (Å²) in [6, 6.07) is 0.310. The molecule has 18 heavy (non-hydrogen) atoms. The van der Waals surface area contributed by atoms with Crippen molar-refractivity contribution in [1.29, 1.82) is 0 Å². The van der Waals surface area contributed by atoms with Crippen LogP contribution >= 0.6 is 0 Å². The average Bonchev–Trinajstić information content (AvgIpc) is 2.93. The van der Waals surface area contributed by atoms with E-state index in [2.05, 4.69) is 20.3 Å². The van der Waals surface area contributed by atoms with E-state index in [4.69, 9.17) is 16.6 Å². The van der Waals surface area contributed by atoms with Gasteiger partial charge in [0.15, 0.2) is 11.5 Å². The van der Waals surface area contributed by atoms with Gasteiger partial charge in [-0.25, -0.2) is 4.98 Å². The van der Waals surface area contributed by atoms with Gasteiger partial charge >= 0.3 is 0 Å². The number of imidazole rings is 1. The van der Waals surface area contributed by atoms with Crippen LogP contribution in [0.3, 0.4) is 0 Å². The lowest BCUT2D eigenvalue weighted by Crippen LogP contribution is -2.24. The molecule has 8 nitrogen and oxygen atoms in total. The molecule has 3 heterocycles. The van der Waals surface area contributed by atoms with E-state index < -0.39 is 0 Å².